The Morgan fingerprint density at radius 2 is 0.552 bits per heavy atom. The molecule has 0 saturated heterocycles. The monoisotopic (exact) mass is 624 g/mol. The zero-order valence-electron chi connectivity index (χ0n) is 21.0. The molecule has 0 aromatic rings. The minimum atomic E-state index is -3.81. The van der Waals surface area contributed by atoms with E-state index in [1.165, 1.54) is 89.9 Å². The van der Waals surface area contributed by atoms with Crippen LogP contribution in [0.1, 0.15) is 120 Å². The second kappa shape index (κ2) is 32.8. The molecule has 0 radical (unpaired) electrons. The van der Waals surface area contributed by atoms with Crippen LogP contribution in [0.5, 0.6) is 0 Å². The molecule has 0 spiro atoms. The molecular formula is C18H48BaO6P2S2. The van der Waals surface area contributed by atoms with Crippen LogP contribution in [-0.4, -0.2) is 78.2 Å². The molecule has 0 heterocycles. The van der Waals surface area contributed by atoms with Gasteiger partial charge in [0.25, 0.3) is 0 Å². The van der Waals surface area contributed by atoms with Gasteiger partial charge < -0.3 is 32.2 Å². The normalized spacial score (nSPS) is 10.3. The second-order valence-electron chi connectivity index (χ2n) is 6.56. The van der Waals surface area contributed by atoms with Crippen LogP contribution in [0.2, 0.25) is 0 Å². The van der Waals surface area contributed by atoms with Crippen LogP contribution in [0.15, 0.2) is 0 Å². The third kappa shape index (κ3) is 117. The number of rotatable bonds is 12. The second-order valence-corrected chi connectivity index (χ2v) is 11.6. The predicted molar refractivity (Wildman–Crippen MR) is 137 cm³/mol. The standard InChI is InChI=1S/2C9H20.Ba.2H3O3PS.2H/c2*1-3-5-7-9-8-6-4-2;;2*1-4(2,3)5;;/h2*3-9H2,1-2H3;;2*(H3,1,2,3,5);;/q;;+2;;;2*-1. The Balaban J connectivity index is -0.0000000497. The van der Waals surface area contributed by atoms with Crippen LogP contribution in [0.4, 0.5) is 0 Å². The maximum absolute atomic E-state index is 7.56. The van der Waals surface area contributed by atoms with E-state index in [0.29, 0.717) is 0 Å². The van der Waals surface area contributed by atoms with Gasteiger partial charge in [-0.05, 0) is 23.6 Å². The first kappa shape index (κ1) is 41.8. The Kier molecular flexibility index (Phi) is 47.3. The summed E-state index contributed by atoms with van der Waals surface area (Å²) in [5.41, 5.74) is 0. The molecule has 0 aliphatic heterocycles. The first-order valence-corrected chi connectivity index (χ1v) is 15.7. The summed E-state index contributed by atoms with van der Waals surface area (Å²) in [6.45, 7) is 1.44. The third-order valence-corrected chi connectivity index (χ3v) is 3.41. The van der Waals surface area contributed by atoms with Crippen molar-refractivity contribution in [3.05, 3.63) is 0 Å². The summed E-state index contributed by atoms with van der Waals surface area (Å²) in [5.74, 6) is 0. The van der Waals surface area contributed by atoms with E-state index in [4.69, 9.17) is 29.4 Å². The van der Waals surface area contributed by atoms with Gasteiger partial charge >= 0.3 is 62.3 Å². The van der Waals surface area contributed by atoms with Crippen LogP contribution in [-0.2, 0) is 23.6 Å². The molecule has 0 unspecified atom stereocenters. The first-order chi connectivity index (χ1) is 12.8. The summed E-state index contributed by atoms with van der Waals surface area (Å²) in [6, 6.07) is 0. The molecule has 180 valence electrons. The molecule has 11 heteroatoms. The summed E-state index contributed by atoms with van der Waals surface area (Å²) in [4.78, 5) is 45.3. The Hall–Kier alpha value is 2.63. The van der Waals surface area contributed by atoms with Crippen molar-refractivity contribution in [1.82, 2.24) is 0 Å². The van der Waals surface area contributed by atoms with Crippen molar-refractivity contribution in [1.29, 1.82) is 0 Å². The Labute approximate surface area is 233 Å². The maximum Gasteiger partial charge on any atom is 2.00 e. The fraction of sp³-hybridized carbons (Fsp3) is 1.00. The molecule has 0 aliphatic rings. The minimum Gasteiger partial charge on any atom is -1.00 e. The fourth-order valence-electron chi connectivity index (χ4n) is 2.06. The smallest absolute Gasteiger partial charge is 1.00 e. The van der Waals surface area contributed by atoms with Gasteiger partial charge in [0, 0.05) is 0 Å². The summed E-state index contributed by atoms with van der Waals surface area (Å²) < 4.78 is 0. The molecule has 0 aromatic heterocycles. The Morgan fingerprint density at radius 1 is 0.448 bits per heavy atom. The minimum absolute atomic E-state index is 0. The van der Waals surface area contributed by atoms with E-state index in [1.807, 2.05) is 0 Å². The maximum atomic E-state index is 7.56. The molecule has 0 bridgehead atoms. The van der Waals surface area contributed by atoms with Gasteiger partial charge in [0.15, 0.2) is 0 Å². The Bertz CT molecular complexity index is 316. The molecule has 0 aliphatic carbocycles. The average molecular weight is 624 g/mol. The molecule has 0 atom stereocenters. The molecule has 0 amide bonds. The van der Waals surface area contributed by atoms with Gasteiger partial charge in [0.05, 0.1) is 0 Å². The zero-order chi connectivity index (χ0) is 22.9. The van der Waals surface area contributed by atoms with Gasteiger partial charge in [0.1, 0.15) is 0 Å². The molecule has 29 heavy (non-hydrogen) atoms. The SMILES string of the molecule is CCCCCCCCC.CCCCCCCCC.OP(O)(O)=S.OP(O)(O)=S.[Ba+2].[H-].[H-]. The molecule has 6 N–H and O–H groups in total. The Morgan fingerprint density at radius 3 is 0.655 bits per heavy atom. The van der Waals surface area contributed by atoms with Crippen molar-refractivity contribution >= 4 is 85.9 Å². The third-order valence-electron chi connectivity index (χ3n) is 3.41. The topological polar surface area (TPSA) is 121 Å². The van der Waals surface area contributed by atoms with Crippen molar-refractivity contribution in [3.63, 3.8) is 0 Å². The number of unbranched alkanes of at least 4 members (excludes halogenated alkanes) is 12. The van der Waals surface area contributed by atoms with Gasteiger partial charge in [-0.1, -0.05) is 118 Å². The molecule has 6 nitrogen and oxygen atoms in total. The van der Waals surface area contributed by atoms with E-state index < -0.39 is 13.4 Å². The van der Waals surface area contributed by atoms with Crippen molar-refractivity contribution in [3.8, 4) is 0 Å². The largest absolute Gasteiger partial charge is 2.00 e. The average Bonchev–Trinajstić information content (AvgIpc) is 2.52. The van der Waals surface area contributed by atoms with Gasteiger partial charge in [0.2, 0.25) is 0 Å². The van der Waals surface area contributed by atoms with Gasteiger partial charge in [-0.15, -0.1) is 0 Å². The van der Waals surface area contributed by atoms with Crippen LogP contribution in [0, 0.1) is 0 Å². The van der Waals surface area contributed by atoms with E-state index >= 15 is 0 Å². The molecular weight excluding hydrogens is 576 g/mol. The fourth-order valence-corrected chi connectivity index (χ4v) is 2.06. The van der Waals surface area contributed by atoms with Crippen LogP contribution in [0.25, 0.3) is 0 Å². The van der Waals surface area contributed by atoms with Gasteiger partial charge in [-0.25, -0.2) is 0 Å². The quantitative estimate of drug-likeness (QED) is 0.0926. The molecule has 0 rings (SSSR count). The van der Waals surface area contributed by atoms with Gasteiger partial charge in [-0.2, -0.15) is 0 Å². The van der Waals surface area contributed by atoms with E-state index in [-0.39, 0.29) is 51.7 Å². The van der Waals surface area contributed by atoms with Crippen LogP contribution in [0.3, 0.4) is 0 Å². The van der Waals surface area contributed by atoms with Crippen LogP contribution >= 0.6 is 13.4 Å². The van der Waals surface area contributed by atoms with Crippen molar-refractivity contribution in [2.45, 2.75) is 118 Å². The molecule has 0 saturated carbocycles. The molecule has 0 fully saturated rings. The zero-order valence-corrected chi connectivity index (χ0v) is 26.9. The van der Waals surface area contributed by atoms with E-state index in [1.54, 1.807) is 0 Å². The van der Waals surface area contributed by atoms with Crippen molar-refractivity contribution in [2.24, 2.45) is 0 Å². The summed E-state index contributed by atoms with van der Waals surface area (Å²) in [5, 5.41) is 0. The van der Waals surface area contributed by atoms with E-state index in [9.17, 15) is 0 Å². The van der Waals surface area contributed by atoms with E-state index in [2.05, 4.69) is 51.3 Å². The van der Waals surface area contributed by atoms with Crippen molar-refractivity contribution in [2.75, 3.05) is 0 Å². The number of hydrogen-bond acceptors (Lipinski definition) is 2. The summed E-state index contributed by atoms with van der Waals surface area (Å²) in [7, 11) is 0. The van der Waals surface area contributed by atoms with Gasteiger partial charge in [-0.3, -0.25) is 0 Å². The van der Waals surface area contributed by atoms with Crippen LogP contribution < -0.4 is 0 Å². The van der Waals surface area contributed by atoms with Crippen molar-refractivity contribution < 1.29 is 32.2 Å². The summed E-state index contributed by atoms with van der Waals surface area (Å²) in [6.07, 6.45) is 19.9. The summed E-state index contributed by atoms with van der Waals surface area (Å²) >= 11 is 7.21. The molecule has 0 aromatic carbocycles. The first-order valence-electron chi connectivity index (χ1n) is 10.4. The predicted octanol–water partition coefficient (Wildman–Crippen LogP) is 5.73. The number of hydrogen-bond donors (Lipinski definition) is 6. The van der Waals surface area contributed by atoms with E-state index in [0.717, 1.165) is 0 Å².